The number of hydrogen-bond acceptors (Lipinski definition) is 4. The van der Waals surface area contributed by atoms with Crippen LogP contribution >= 0.6 is 15.9 Å². The summed E-state index contributed by atoms with van der Waals surface area (Å²) >= 11 is 3.18. The van der Waals surface area contributed by atoms with E-state index < -0.39 is 5.97 Å². The predicted octanol–water partition coefficient (Wildman–Crippen LogP) is 1.69. The van der Waals surface area contributed by atoms with Crippen molar-refractivity contribution in [1.29, 1.82) is 5.26 Å². The third-order valence-corrected chi connectivity index (χ3v) is 2.10. The average Bonchev–Trinajstić information content (AvgIpc) is 2.15. The molecule has 4 nitrogen and oxygen atoms in total. The highest BCUT2D eigenvalue weighted by molar-refractivity contribution is 9.10. The van der Waals surface area contributed by atoms with Crippen LogP contribution in [0.2, 0.25) is 0 Å². The van der Waals surface area contributed by atoms with Crippen molar-refractivity contribution in [3.8, 4) is 6.07 Å². The molecule has 0 aliphatic heterocycles. The van der Waals surface area contributed by atoms with Gasteiger partial charge in [0.1, 0.15) is 11.6 Å². The maximum absolute atomic E-state index is 11.3. The molecule has 1 rings (SSSR count). The van der Waals surface area contributed by atoms with E-state index in [1.807, 2.05) is 6.07 Å². The highest BCUT2D eigenvalue weighted by Crippen LogP contribution is 2.23. The SMILES string of the molecule is COC(=O)c1c(N)cc(Br)cc1C#N. The second-order valence-electron chi connectivity index (χ2n) is 2.52. The number of nitrogens with two attached hydrogens (primary N) is 1. The lowest BCUT2D eigenvalue weighted by atomic mass is 10.1. The number of nitrogen functional groups attached to an aromatic ring is 1. The summed E-state index contributed by atoms with van der Waals surface area (Å²) < 4.78 is 5.17. The molecule has 0 amide bonds. The molecule has 0 saturated heterocycles. The van der Waals surface area contributed by atoms with Gasteiger partial charge >= 0.3 is 5.97 Å². The van der Waals surface area contributed by atoms with Gasteiger partial charge in [0.25, 0.3) is 0 Å². The van der Waals surface area contributed by atoms with Gasteiger partial charge in [0, 0.05) is 10.2 Å². The zero-order valence-corrected chi connectivity index (χ0v) is 8.96. The summed E-state index contributed by atoms with van der Waals surface area (Å²) in [6.07, 6.45) is 0. The van der Waals surface area contributed by atoms with E-state index in [2.05, 4.69) is 20.7 Å². The summed E-state index contributed by atoms with van der Waals surface area (Å²) in [5.41, 5.74) is 6.12. The van der Waals surface area contributed by atoms with Crippen LogP contribution in [0.1, 0.15) is 15.9 Å². The summed E-state index contributed by atoms with van der Waals surface area (Å²) in [4.78, 5) is 11.3. The summed E-state index contributed by atoms with van der Waals surface area (Å²) in [6.45, 7) is 0. The summed E-state index contributed by atoms with van der Waals surface area (Å²) in [6, 6.07) is 4.95. The van der Waals surface area contributed by atoms with E-state index in [4.69, 9.17) is 11.0 Å². The Balaban J connectivity index is 3.42. The first-order valence-electron chi connectivity index (χ1n) is 3.67. The topological polar surface area (TPSA) is 76.1 Å². The maximum Gasteiger partial charge on any atom is 0.341 e. The van der Waals surface area contributed by atoms with E-state index in [9.17, 15) is 4.79 Å². The van der Waals surface area contributed by atoms with Gasteiger partial charge in [0.15, 0.2) is 0 Å². The number of benzene rings is 1. The maximum atomic E-state index is 11.3. The van der Waals surface area contributed by atoms with Gasteiger partial charge in [-0.15, -0.1) is 0 Å². The van der Waals surface area contributed by atoms with Gasteiger partial charge in [-0.3, -0.25) is 0 Å². The van der Waals surface area contributed by atoms with E-state index >= 15 is 0 Å². The molecule has 1 aromatic carbocycles. The molecule has 0 aromatic heterocycles. The number of halogens is 1. The van der Waals surface area contributed by atoms with Crippen molar-refractivity contribution in [2.75, 3.05) is 12.8 Å². The van der Waals surface area contributed by atoms with E-state index in [-0.39, 0.29) is 16.8 Å². The van der Waals surface area contributed by atoms with Crippen LogP contribution in [0.5, 0.6) is 0 Å². The highest BCUT2D eigenvalue weighted by Gasteiger charge is 2.16. The molecule has 0 unspecified atom stereocenters. The third-order valence-electron chi connectivity index (χ3n) is 1.64. The Bertz CT molecular complexity index is 424. The number of methoxy groups -OCH3 is 1. The minimum Gasteiger partial charge on any atom is -0.465 e. The van der Waals surface area contributed by atoms with Gasteiger partial charge in [0.2, 0.25) is 0 Å². The number of esters is 1. The van der Waals surface area contributed by atoms with E-state index in [0.29, 0.717) is 4.47 Å². The molecule has 0 aliphatic carbocycles. The molecule has 2 N–H and O–H groups in total. The molecular formula is C9H7BrN2O2. The van der Waals surface area contributed by atoms with Crippen molar-refractivity contribution < 1.29 is 9.53 Å². The zero-order valence-electron chi connectivity index (χ0n) is 7.37. The molecule has 0 bridgehead atoms. The summed E-state index contributed by atoms with van der Waals surface area (Å²) in [7, 11) is 1.24. The molecule has 14 heavy (non-hydrogen) atoms. The number of rotatable bonds is 1. The number of nitrogens with zero attached hydrogens (tertiary/aromatic N) is 1. The lowest BCUT2D eigenvalue weighted by Gasteiger charge is -2.05. The molecule has 0 spiro atoms. The van der Waals surface area contributed by atoms with Crippen LogP contribution in [0.25, 0.3) is 0 Å². The van der Waals surface area contributed by atoms with Crippen LogP contribution in [0.15, 0.2) is 16.6 Å². The Kier molecular flexibility index (Phi) is 3.10. The molecule has 0 radical (unpaired) electrons. The van der Waals surface area contributed by atoms with Crippen LogP contribution in [-0.2, 0) is 4.74 Å². The van der Waals surface area contributed by atoms with Gasteiger partial charge in [0.05, 0.1) is 12.7 Å². The largest absolute Gasteiger partial charge is 0.465 e. The van der Waals surface area contributed by atoms with Crippen LogP contribution in [0, 0.1) is 11.3 Å². The molecule has 0 heterocycles. The van der Waals surface area contributed by atoms with Crippen LogP contribution in [0.3, 0.4) is 0 Å². The van der Waals surface area contributed by atoms with Crippen molar-refractivity contribution >= 4 is 27.6 Å². The minimum atomic E-state index is -0.605. The Labute approximate surface area is 89.4 Å². The van der Waals surface area contributed by atoms with Gasteiger partial charge in [-0.25, -0.2) is 4.79 Å². The van der Waals surface area contributed by atoms with E-state index in [1.165, 1.54) is 13.2 Å². The van der Waals surface area contributed by atoms with Crippen molar-refractivity contribution in [3.63, 3.8) is 0 Å². The lowest BCUT2D eigenvalue weighted by Crippen LogP contribution is -2.08. The first kappa shape index (κ1) is 10.5. The second kappa shape index (κ2) is 4.11. The van der Waals surface area contributed by atoms with Crippen LogP contribution in [0.4, 0.5) is 5.69 Å². The molecule has 0 aliphatic rings. The quantitative estimate of drug-likeness (QED) is 0.611. The third kappa shape index (κ3) is 1.86. The molecule has 0 fully saturated rings. The highest BCUT2D eigenvalue weighted by atomic mass is 79.9. The van der Waals surface area contributed by atoms with Gasteiger partial charge < -0.3 is 10.5 Å². The average molecular weight is 255 g/mol. The molecule has 72 valence electrons. The van der Waals surface area contributed by atoms with Crippen molar-refractivity contribution in [1.82, 2.24) is 0 Å². The van der Waals surface area contributed by atoms with E-state index in [1.54, 1.807) is 6.07 Å². The number of carbonyl (C=O) groups is 1. The molecule has 0 saturated carbocycles. The Morgan fingerprint density at radius 1 is 1.64 bits per heavy atom. The van der Waals surface area contributed by atoms with Gasteiger partial charge in [-0.2, -0.15) is 5.26 Å². The zero-order chi connectivity index (χ0) is 10.7. The second-order valence-corrected chi connectivity index (χ2v) is 3.44. The number of hydrogen-bond donors (Lipinski definition) is 1. The molecule has 1 aromatic rings. The Morgan fingerprint density at radius 2 is 2.29 bits per heavy atom. The fourth-order valence-corrected chi connectivity index (χ4v) is 1.52. The number of anilines is 1. The molecular weight excluding hydrogens is 248 g/mol. The van der Waals surface area contributed by atoms with Crippen LogP contribution < -0.4 is 5.73 Å². The van der Waals surface area contributed by atoms with Gasteiger partial charge in [-0.1, -0.05) is 15.9 Å². The minimum absolute atomic E-state index is 0.109. The normalized spacial score (nSPS) is 9.21. The van der Waals surface area contributed by atoms with Crippen molar-refractivity contribution in [2.45, 2.75) is 0 Å². The first-order valence-corrected chi connectivity index (χ1v) is 4.47. The van der Waals surface area contributed by atoms with Crippen LogP contribution in [-0.4, -0.2) is 13.1 Å². The summed E-state index contributed by atoms with van der Waals surface area (Å²) in [5.74, 6) is -0.605. The van der Waals surface area contributed by atoms with E-state index in [0.717, 1.165) is 0 Å². The Hall–Kier alpha value is -1.54. The smallest absolute Gasteiger partial charge is 0.341 e. The lowest BCUT2D eigenvalue weighted by molar-refractivity contribution is 0.0601. The fraction of sp³-hybridized carbons (Fsp3) is 0.111. The number of ether oxygens (including phenoxy) is 1. The van der Waals surface area contributed by atoms with Gasteiger partial charge in [-0.05, 0) is 12.1 Å². The van der Waals surface area contributed by atoms with Crippen molar-refractivity contribution in [3.05, 3.63) is 27.7 Å². The van der Waals surface area contributed by atoms with Crippen molar-refractivity contribution in [2.24, 2.45) is 0 Å². The number of nitriles is 1. The first-order chi connectivity index (χ1) is 6.60. The Morgan fingerprint density at radius 3 is 2.79 bits per heavy atom. The summed E-state index contributed by atoms with van der Waals surface area (Å²) in [5, 5.41) is 8.78. The fourth-order valence-electron chi connectivity index (χ4n) is 1.05. The molecule has 5 heteroatoms. The molecule has 0 atom stereocenters. The monoisotopic (exact) mass is 254 g/mol. The standard InChI is InChI=1S/C9H7BrN2O2/c1-14-9(13)8-5(4-11)2-6(10)3-7(8)12/h2-3H,12H2,1H3. The number of carbonyl (C=O) groups excluding carboxylic acids is 1. The predicted molar refractivity (Wildman–Crippen MR) is 54.6 cm³/mol.